The fraction of sp³-hybridized carbons (Fsp3) is 0.391. The van der Waals surface area contributed by atoms with Gasteiger partial charge in [-0.3, -0.25) is 9.79 Å². The Morgan fingerprint density at radius 3 is 2.58 bits per heavy atom. The maximum absolute atomic E-state index is 14.1. The van der Waals surface area contributed by atoms with Crippen molar-refractivity contribution in [3.8, 4) is 5.75 Å². The second-order valence-corrected chi connectivity index (χ2v) is 7.80. The lowest BCUT2D eigenvalue weighted by Gasteiger charge is -2.21. The van der Waals surface area contributed by atoms with Gasteiger partial charge in [-0.1, -0.05) is 18.2 Å². The molecule has 0 aliphatic carbocycles. The second-order valence-electron chi connectivity index (χ2n) is 7.80. The van der Waals surface area contributed by atoms with E-state index in [1.54, 1.807) is 32.1 Å². The maximum atomic E-state index is 14.1. The van der Waals surface area contributed by atoms with Gasteiger partial charge in [0.1, 0.15) is 23.1 Å². The van der Waals surface area contributed by atoms with Gasteiger partial charge in [-0.25, -0.2) is 8.78 Å². The van der Waals surface area contributed by atoms with Crippen LogP contribution in [-0.2, 0) is 11.3 Å². The summed E-state index contributed by atoms with van der Waals surface area (Å²) in [5.41, 5.74) is 0.980. The van der Waals surface area contributed by atoms with E-state index in [9.17, 15) is 13.6 Å². The Morgan fingerprint density at radius 1 is 1.21 bits per heavy atom. The lowest BCUT2D eigenvalue weighted by molar-refractivity contribution is -0.130. The van der Waals surface area contributed by atoms with Crippen LogP contribution in [0.2, 0.25) is 0 Å². The number of anilines is 1. The van der Waals surface area contributed by atoms with Gasteiger partial charge in [-0.05, 0) is 36.2 Å². The van der Waals surface area contributed by atoms with Crippen molar-refractivity contribution in [2.45, 2.75) is 19.0 Å². The molecule has 2 aromatic carbocycles. The van der Waals surface area contributed by atoms with E-state index in [1.165, 1.54) is 23.1 Å². The second kappa shape index (κ2) is 12.6. The topological polar surface area (TPSA) is 69.2 Å². The van der Waals surface area contributed by atoms with Gasteiger partial charge in [0.2, 0.25) is 0 Å². The van der Waals surface area contributed by atoms with Crippen molar-refractivity contribution in [2.75, 3.05) is 45.7 Å². The highest BCUT2D eigenvalue weighted by atomic mass is 127. The van der Waals surface area contributed by atoms with Gasteiger partial charge in [-0.15, -0.1) is 24.0 Å². The quantitative estimate of drug-likeness (QED) is 0.303. The lowest BCUT2D eigenvalue weighted by atomic mass is 10.2. The number of carbonyl (C=O) groups is 1. The van der Waals surface area contributed by atoms with E-state index in [1.807, 2.05) is 18.2 Å². The van der Waals surface area contributed by atoms with E-state index in [-0.39, 0.29) is 48.2 Å². The zero-order valence-electron chi connectivity index (χ0n) is 19.0. The molecule has 2 N–H and O–H groups in total. The Bertz CT molecular complexity index is 953. The Morgan fingerprint density at radius 2 is 1.91 bits per heavy atom. The first-order valence-electron chi connectivity index (χ1n) is 10.5. The third kappa shape index (κ3) is 7.44. The van der Waals surface area contributed by atoms with Gasteiger partial charge in [0.25, 0.3) is 5.91 Å². The van der Waals surface area contributed by atoms with Crippen molar-refractivity contribution in [1.29, 1.82) is 0 Å². The van der Waals surface area contributed by atoms with Crippen molar-refractivity contribution in [2.24, 2.45) is 4.99 Å². The van der Waals surface area contributed by atoms with Crippen LogP contribution >= 0.6 is 24.0 Å². The van der Waals surface area contributed by atoms with Crippen LogP contribution in [-0.4, -0.2) is 63.6 Å². The van der Waals surface area contributed by atoms with E-state index >= 15 is 0 Å². The van der Waals surface area contributed by atoms with Crippen LogP contribution in [0.15, 0.2) is 47.5 Å². The fourth-order valence-electron chi connectivity index (χ4n) is 3.47. The average Bonchev–Trinajstić information content (AvgIpc) is 3.23. The number of nitrogens with zero attached hydrogens (tertiary/aromatic N) is 3. The van der Waals surface area contributed by atoms with Crippen molar-refractivity contribution < 1.29 is 18.3 Å². The van der Waals surface area contributed by atoms with Gasteiger partial charge in [0.15, 0.2) is 12.6 Å². The van der Waals surface area contributed by atoms with E-state index in [2.05, 4.69) is 15.6 Å². The zero-order valence-corrected chi connectivity index (χ0v) is 21.3. The number of rotatable bonds is 7. The number of nitrogens with one attached hydrogen (secondary N) is 2. The average molecular weight is 573 g/mol. The van der Waals surface area contributed by atoms with E-state index < -0.39 is 11.6 Å². The molecule has 1 unspecified atom stereocenters. The Balaban J connectivity index is 0.00000385. The minimum absolute atomic E-state index is 0. The van der Waals surface area contributed by atoms with Gasteiger partial charge in [-0.2, -0.15) is 0 Å². The van der Waals surface area contributed by atoms with E-state index in [0.717, 1.165) is 12.0 Å². The maximum Gasteiger partial charge on any atom is 0.259 e. The third-order valence-electron chi connectivity index (χ3n) is 5.23. The summed E-state index contributed by atoms with van der Waals surface area (Å²) >= 11 is 0. The molecule has 2 aromatic rings. The first-order chi connectivity index (χ1) is 15.4. The van der Waals surface area contributed by atoms with Crippen LogP contribution in [0.1, 0.15) is 12.0 Å². The lowest BCUT2D eigenvalue weighted by Crippen LogP contribution is -2.44. The molecule has 1 aliphatic rings. The first-order valence-corrected chi connectivity index (χ1v) is 10.5. The van der Waals surface area contributed by atoms with Crippen LogP contribution in [0.25, 0.3) is 0 Å². The number of carbonyl (C=O) groups excluding carboxylic acids is 1. The van der Waals surface area contributed by atoms with Crippen molar-refractivity contribution >= 4 is 41.5 Å². The summed E-state index contributed by atoms with van der Waals surface area (Å²) in [5.74, 6) is -0.00941. The number of likely N-dealkylation sites (N-methyl/N-ethyl adjacent to an activating group) is 1. The van der Waals surface area contributed by atoms with Crippen molar-refractivity contribution in [3.63, 3.8) is 0 Å². The summed E-state index contributed by atoms with van der Waals surface area (Å²) in [5, 5.41) is 6.55. The van der Waals surface area contributed by atoms with Crippen LogP contribution in [0, 0.1) is 11.6 Å². The Labute approximate surface area is 210 Å². The summed E-state index contributed by atoms with van der Waals surface area (Å²) in [4.78, 5) is 19.1. The van der Waals surface area contributed by atoms with Gasteiger partial charge in [0.05, 0.1) is 0 Å². The molecule has 0 aromatic heterocycles. The summed E-state index contributed by atoms with van der Waals surface area (Å²) in [6.07, 6.45) is 0.734. The number of hydrogen-bond acceptors (Lipinski definition) is 4. The summed E-state index contributed by atoms with van der Waals surface area (Å²) in [6.45, 7) is 1.50. The molecule has 3 rings (SSSR count). The molecule has 180 valence electrons. The fourth-order valence-corrected chi connectivity index (χ4v) is 3.47. The molecular formula is C23H30F2IN5O2. The molecule has 0 spiro atoms. The highest BCUT2D eigenvalue weighted by molar-refractivity contribution is 14.0. The molecule has 1 fully saturated rings. The van der Waals surface area contributed by atoms with Crippen LogP contribution in [0.5, 0.6) is 5.75 Å². The predicted octanol–water partition coefficient (Wildman–Crippen LogP) is 2.99. The number of ether oxygens (including phenoxy) is 1. The summed E-state index contributed by atoms with van der Waals surface area (Å²) < 4.78 is 33.7. The zero-order chi connectivity index (χ0) is 23.1. The standard InChI is InChI=1S/C23H29F2N5O2.HI/c1-26-23(27-13-16-6-4-7-18(12-16)32-15-21(31)29(2)3)28-17-10-11-30(14-17)22-19(24)8-5-9-20(22)25;/h4-9,12,17H,10-11,13-15H2,1-3H3,(H2,26,27,28);1H. The van der Waals surface area contributed by atoms with Crippen LogP contribution in [0.4, 0.5) is 14.5 Å². The molecule has 0 radical (unpaired) electrons. The van der Waals surface area contributed by atoms with E-state index in [4.69, 9.17) is 4.74 Å². The molecule has 33 heavy (non-hydrogen) atoms. The SMILES string of the molecule is CN=C(NCc1cccc(OCC(=O)N(C)C)c1)NC1CCN(c2c(F)cccc2F)C1.I. The van der Waals surface area contributed by atoms with Crippen molar-refractivity contribution in [1.82, 2.24) is 15.5 Å². The highest BCUT2D eigenvalue weighted by Crippen LogP contribution is 2.26. The molecule has 1 amide bonds. The first kappa shape index (κ1) is 26.6. The number of amides is 1. The number of para-hydroxylation sites is 1. The molecule has 10 heteroatoms. The van der Waals surface area contributed by atoms with Crippen molar-refractivity contribution in [3.05, 3.63) is 59.7 Å². The Kier molecular flexibility index (Phi) is 10.1. The number of benzene rings is 2. The molecule has 1 aliphatic heterocycles. The minimum atomic E-state index is -0.553. The van der Waals surface area contributed by atoms with Crippen LogP contribution < -0.4 is 20.3 Å². The highest BCUT2D eigenvalue weighted by Gasteiger charge is 2.27. The number of aliphatic imine (C=N–C) groups is 1. The minimum Gasteiger partial charge on any atom is -0.484 e. The number of halogens is 3. The smallest absolute Gasteiger partial charge is 0.259 e. The monoisotopic (exact) mass is 573 g/mol. The number of hydrogen-bond donors (Lipinski definition) is 2. The van der Waals surface area contributed by atoms with Gasteiger partial charge < -0.3 is 25.2 Å². The molecule has 0 bridgehead atoms. The molecule has 7 nitrogen and oxygen atoms in total. The molecule has 0 saturated carbocycles. The summed E-state index contributed by atoms with van der Waals surface area (Å²) in [7, 11) is 5.03. The largest absolute Gasteiger partial charge is 0.484 e. The van der Waals surface area contributed by atoms with Gasteiger partial charge in [0, 0.05) is 46.8 Å². The molecule has 1 saturated heterocycles. The number of guanidine groups is 1. The normalized spacial score (nSPS) is 15.6. The van der Waals surface area contributed by atoms with Crippen LogP contribution in [0.3, 0.4) is 0 Å². The summed E-state index contributed by atoms with van der Waals surface area (Å²) in [6, 6.07) is 11.4. The predicted molar refractivity (Wildman–Crippen MR) is 136 cm³/mol. The molecular weight excluding hydrogens is 543 g/mol. The van der Waals surface area contributed by atoms with E-state index in [0.29, 0.717) is 31.3 Å². The van der Waals surface area contributed by atoms with Gasteiger partial charge >= 0.3 is 0 Å². The third-order valence-corrected chi connectivity index (χ3v) is 5.23. The Hall–Kier alpha value is -2.63. The molecule has 1 heterocycles. The molecule has 1 atom stereocenters.